The monoisotopic (exact) mass is 555 g/mol. The molecule has 2 amide bonds. The topological polar surface area (TPSA) is 86.8 Å². The molecule has 7 nitrogen and oxygen atoms in total. The number of nitrogens with zero attached hydrogens (tertiary/aromatic N) is 2. The zero-order chi connectivity index (χ0) is 27.2. The zero-order valence-corrected chi connectivity index (χ0v) is 24.0. The van der Waals surface area contributed by atoms with E-state index in [4.69, 9.17) is 23.2 Å². The highest BCUT2D eigenvalue weighted by atomic mass is 35.5. The lowest BCUT2D eigenvalue weighted by molar-refractivity contribution is -0.140. The minimum absolute atomic E-state index is 0.0195. The third-order valence-corrected chi connectivity index (χ3v) is 7.98. The van der Waals surface area contributed by atoms with Crippen molar-refractivity contribution < 1.29 is 18.0 Å². The third-order valence-electron chi connectivity index (χ3n) is 6.27. The molecule has 2 aromatic carbocycles. The van der Waals surface area contributed by atoms with Crippen LogP contribution in [-0.2, 0) is 26.2 Å². The molecular formula is C26H35Cl2N3O4S. The van der Waals surface area contributed by atoms with E-state index in [2.05, 4.69) is 5.32 Å². The molecule has 0 bridgehead atoms. The summed E-state index contributed by atoms with van der Waals surface area (Å²) in [5.74, 6) is -0.818. The SMILES string of the molecule is CC[C@H](C(=O)N[C@@H](C)CC)N(Cc1ccc(Cl)cc1Cl)C(=O)CN(c1cccc(C)c1C)S(C)(=O)=O. The summed E-state index contributed by atoms with van der Waals surface area (Å²) in [6.45, 7) is 8.90. The normalized spacial score (nSPS) is 13.1. The smallest absolute Gasteiger partial charge is 0.244 e. The molecule has 0 spiro atoms. The maximum Gasteiger partial charge on any atom is 0.244 e. The number of halogens is 2. The average molecular weight is 557 g/mol. The summed E-state index contributed by atoms with van der Waals surface area (Å²) >= 11 is 12.4. The van der Waals surface area contributed by atoms with Crippen molar-refractivity contribution >= 4 is 50.7 Å². The van der Waals surface area contributed by atoms with E-state index in [0.29, 0.717) is 27.7 Å². The number of hydrogen-bond acceptors (Lipinski definition) is 4. The summed E-state index contributed by atoms with van der Waals surface area (Å²) in [6, 6.07) is 9.32. The van der Waals surface area contributed by atoms with Gasteiger partial charge < -0.3 is 10.2 Å². The lowest BCUT2D eigenvalue weighted by Gasteiger charge is -2.34. The Morgan fingerprint density at radius 1 is 1.06 bits per heavy atom. The molecule has 0 saturated carbocycles. The summed E-state index contributed by atoms with van der Waals surface area (Å²) in [7, 11) is -3.81. The first-order valence-electron chi connectivity index (χ1n) is 11.9. The van der Waals surface area contributed by atoms with Crippen LogP contribution in [0.2, 0.25) is 10.0 Å². The predicted octanol–water partition coefficient (Wildman–Crippen LogP) is 5.10. The average Bonchev–Trinajstić information content (AvgIpc) is 2.79. The van der Waals surface area contributed by atoms with Gasteiger partial charge in [0.15, 0.2) is 0 Å². The lowest BCUT2D eigenvalue weighted by atomic mass is 10.1. The molecule has 36 heavy (non-hydrogen) atoms. The van der Waals surface area contributed by atoms with Crippen molar-refractivity contribution in [3.8, 4) is 0 Å². The van der Waals surface area contributed by atoms with Gasteiger partial charge in [0.25, 0.3) is 0 Å². The molecule has 0 aliphatic carbocycles. The van der Waals surface area contributed by atoms with Crippen LogP contribution in [-0.4, -0.2) is 50.0 Å². The van der Waals surface area contributed by atoms with Crippen molar-refractivity contribution in [3.63, 3.8) is 0 Å². The van der Waals surface area contributed by atoms with Crippen molar-refractivity contribution in [2.24, 2.45) is 0 Å². The Labute approximate surface area is 224 Å². The van der Waals surface area contributed by atoms with Gasteiger partial charge in [0, 0.05) is 22.6 Å². The highest BCUT2D eigenvalue weighted by molar-refractivity contribution is 7.92. The largest absolute Gasteiger partial charge is 0.352 e. The van der Waals surface area contributed by atoms with Crippen LogP contribution in [0.25, 0.3) is 0 Å². The fourth-order valence-electron chi connectivity index (χ4n) is 3.79. The van der Waals surface area contributed by atoms with E-state index in [9.17, 15) is 18.0 Å². The van der Waals surface area contributed by atoms with Crippen LogP contribution in [0.15, 0.2) is 36.4 Å². The molecule has 198 valence electrons. The second-order valence-electron chi connectivity index (χ2n) is 8.99. The van der Waals surface area contributed by atoms with Crippen molar-refractivity contribution in [2.45, 2.75) is 66.1 Å². The maximum absolute atomic E-state index is 13.8. The van der Waals surface area contributed by atoms with Crippen molar-refractivity contribution in [1.29, 1.82) is 0 Å². The molecular weight excluding hydrogens is 521 g/mol. The van der Waals surface area contributed by atoms with Gasteiger partial charge >= 0.3 is 0 Å². The molecule has 0 aliphatic rings. The Morgan fingerprint density at radius 2 is 1.72 bits per heavy atom. The number of benzene rings is 2. The molecule has 0 unspecified atom stereocenters. The summed E-state index contributed by atoms with van der Waals surface area (Å²) in [4.78, 5) is 28.4. The summed E-state index contributed by atoms with van der Waals surface area (Å²) in [5, 5.41) is 3.74. The minimum Gasteiger partial charge on any atom is -0.352 e. The van der Waals surface area contributed by atoms with Gasteiger partial charge in [-0.25, -0.2) is 8.42 Å². The fraction of sp³-hybridized carbons (Fsp3) is 0.462. The molecule has 0 heterocycles. The van der Waals surface area contributed by atoms with Crippen LogP contribution in [0.4, 0.5) is 5.69 Å². The second-order valence-corrected chi connectivity index (χ2v) is 11.7. The van der Waals surface area contributed by atoms with Gasteiger partial charge in [-0.3, -0.25) is 13.9 Å². The van der Waals surface area contributed by atoms with Gasteiger partial charge in [0.05, 0.1) is 11.9 Å². The predicted molar refractivity (Wildman–Crippen MR) is 147 cm³/mol. The van der Waals surface area contributed by atoms with Crippen LogP contribution >= 0.6 is 23.2 Å². The van der Waals surface area contributed by atoms with Crippen LogP contribution in [0.5, 0.6) is 0 Å². The van der Waals surface area contributed by atoms with Gasteiger partial charge in [-0.2, -0.15) is 0 Å². The van der Waals surface area contributed by atoms with E-state index in [1.807, 2.05) is 40.7 Å². The first kappa shape index (κ1) is 29.9. The molecule has 2 aromatic rings. The van der Waals surface area contributed by atoms with Gasteiger partial charge in [-0.1, -0.05) is 55.2 Å². The number of anilines is 1. The Kier molecular flexibility index (Phi) is 10.6. The molecule has 1 N–H and O–H groups in total. The first-order valence-corrected chi connectivity index (χ1v) is 14.5. The molecule has 0 aromatic heterocycles. The lowest BCUT2D eigenvalue weighted by Crippen LogP contribution is -2.53. The number of amides is 2. The fourth-order valence-corrected chi connectivity index (χ4v) is 5.16. The standard InChI is InChI=1S/C26H35Cl2N3O4S/c1-7-18(4)29-26(33)23(8-2)30(15-20-12-13-21(27)14-22(20)28)25(32)16-31(36(6,34)35)24-11-9-10-17(3)19(24)5/h9-14,18,23H,7-8,15-16H2,1-6H3,(H,29,33)/t18-,23+/m0/s1. The first-order chi connectivity index (χ1) is 16.8. The quantitative estimate of drug-likeness (QED) is 0.418. The second kappa shape index (κ2) is 12.8. The van der Waals surface area contributed by atoms with Crippen molar-refractivity contribution in [3.05, 3.63) is 63.1 Å². The minimum atomic E-state index is -3.81. The Bertz CT molecular complexity index is 1200. The number of sulfonamides is 1. The molecule has 2 rings (SSSR count). The van der Waals surface area contributed by atoms with Crippen LogP contribution in [0, 0.1) is 13.8 Å². The van der Waals surface area contributed by atoms with E-state index in [1.54, 1.807) is 30.3 Å². The van der Waals surface area contributed by atoms with Crippen molar-refractivity contribution in [1.82, 2.24) is 10.2 Å². The highest BCUT2D eigenvalue weighted by Gasteiger charge is 2.33. The van der Waals surface area contributed by atoms with Gasteiger partial charge in [0.1, 0.15) is 12.6 Å². The van der Waals surface area contributed by atoms with E-state index >= 15 is 0 Å². The molecule has 0 aliphatic heterocycles. The van der Waals surface area contributed by atoms with E-state index in [1.165, 1.54) is 4.90 Å². The summed E-state index contributed by atoms with van der Waals surface area (Å²) < 4.78 is 26.7. The van der Waals surface area contributed by atoms with E-state index < -0.39 is 28.5 Å². The molecule has 0 fully saturated rings. The Balaban J connectivity index is 2.52. The number of rotatable bonds is 11. The van der Waals surface area contributed by atoms with E-state index in [0.717, 1.165) is 28.1 Å². The zero-order valence-electron chi connectivity index (χ0n) is 21.6. The Hall–Kier alpha value is -2.29. The van der Waals surface area contributed by atoms with Crippen LogP contribution < -0.4 is 9.62 Å². The molecule has 2 atom stereocenters. The van der Waals surface area contributed by atoms with Crippen molar-refractivity contribution in [2.75, 3.05) is 17.1 Å². The molecule has 10 heteroatoms. The number of hydrogen-bond donors (Lipinski definition) is 1. The van der Waals surface area contributed by atoms with Gasteiger partial charge in [-0.05, 0) is 68.5 Å². The van der Waals surface area contributed by atoms with Gasteiger partial charge in [0.2, 0.25) is 21.8 Å². The number of nitrogens with one attached hydrogen (secondary N) is 1. The third kappa shape index (κ3) is 7.60. The molecule has 0 radical (unpaired) electrons. The van der Waals surface area contributed by atoms with Crippen LogP contribution in [0.1, 0.15) is 50.3 Å². The maximum atomic E-state index is 13.8. The summed E-state index contributed by atoms with van der Waals surface area (Å²) in [6.07, 6.45) is 2.13. The van der Waals surface area contributed by atoms with Gasteiger partial charge in [-0.15, -0.1) is 0 Å². The van der Waals surface area contributed by atoms with E-state index in [-0.39, 0.29) is 18.5 Å². The summed E-state index contributed by atoms with van der Waals surface area (Å²) in [5.41, 5.74) is 2.68. The Morgan fingerprint density at radius 3 is 2.28 bits per heavy atom. The number of carbonyl (C=O) groups excluding carboxylic acids is 2. The highest BCUT2D eigenvalue weighted by Crippen LogP contribution is 2.27. The number of carbonyl (C=O) groups is 2. The molecule has 0 saturated heterocycles. The van der Waals surface area contributed by atoms with Crippen LogP contribution in [0.3, 0.4) is 0 Å². The number of aryl methyl sites for hydroxylation is 1.